The van der Waals surface area contributed by atoms with E-state index in [4.69, 9.17) is 5.73 Å². The first kappa shape index (κ1) is 8.97. The lowest BCUT2D eigenvalue weighted by Gasteiger charge is -2.04. The molecule has 3 nitrogen and oxygen atoms in total. The fourth-order valence-electron chi connectivity index (χ4n) is 1.11. The molecule has 2 N–H and O–H groups in total. The molecule has 0 bridgehead atoms. The first-order valence-electron chi connectivity index (χ1n) is 4.18. The maximum Gasteiger partial charge on any atom is 0.131 e. The maximum absolute atomic E-state index is 5.58. The Balaban J connectivity index is 2.85. The maximum atomic E-state index is 5.58. The molecule has 0 radical (unpaired) electrons. The van der Waals surface area contributed by atoms with Gasteiger partial charge in [-0.05, 0) is 12.8 Å². The molecule has 1 aromatic heterocycles. The van der Waals surface area contributed by atoms with Crippen LogP contribution < -0.4 is 5.73 Å². The summed E-state index contributed by atoms with van der Waals surface area (Å²) in [6.07, 6.45) is 0.895. The molecule has 0 aliphatic heterocycles. The number of aryl methyl sites for hydroxylation is 1. The number of aromatic nitrogens is 2. The molecule has 0 aliphatic rings. The van der Waals surface area contributed by atoms with E-state index in [1.165, 1.54) is 0 Å². The second-order valence-electron chi connectivity index (χ2n) is 3.45. The van der Waals surface area contributed by atoms with Crippen LogP contribution in [0.4, 0.5) is 5.82 Å². The van der Waals surface area contributed by atoms with Crippen molar-refractivity contribution in [1.82, 2.24) is 9.97 Å². The number of rotatable bonds is 2. The van der Waals surface area contributed by atoms with Gasteiger partial charge < -0.3 is 5.73 Å². The molecule has 0 spiro atoms. The Kier molecular flexibility index (Phi) is 2.63. The summed E-state index contributed by atoms with van der Waals surface area (Å²) < 4.78 is 0. The molecule has 66 valence electrons. The summed E-state index contributed by atoms with van der Waals surface area (Å²) in [6, 6.07) is 1.78. The van der Waals surface area contributed by atoms with Crippen LogP contribution in [-0.2, 0) is 6.42 Å². The number of nitrogens with two attached hydrogens (primary N) is 1. The minimum Gasteiger partial charge on any atom is -0.384 e. The lowest BCUT2D eigenvalue weighted by molar-refractivity contribution is 0.620. The third-order valence-corrected chi connectivity index (χ3v) is 1.51. The fraction of sp³-hybridized carbons (Fsp3) is 0.556. The van der Waals surface area contributed by atoms with E-state index in [0.717, 1.165) is 17.9 Å². The molecule has 1 heterocycles. The molecule has 3 heteroatoms. The van der Waals surface area contributed by atoms with Gasteiger partial charge in [-0.3, -0.25) is 0 Å². The Morgan fingerprint density at radius 1 is 1.42 bits per heavy atom. The average Bonchev–Trinajstić information content (AvgIpc) is 1.81. The van der Waals surface area contributed by atoms with E-state index in [2.05, 4.69) is 23.8 Å². The van der Waals surface area contributed by atoms with Crippen molar-refractivity contribution in [3.8, 4) is 0 Å². The molecule has 0 aliphatic carbocycles. The second-order valence-corrected chi connectivity index (χ2v) is 3.45. The van der Waals surface area contributed by atoms with Crippen molar-refractivity contribution in [3.63, 3.8) is 0 Å². The van der Waals surface area contributed by atoms with Crippen LogP contribution in [0.25, 0.3) is 0 Å². The van der Waals surface area contributed by atoms with Gasteiger partial charge in [0.25, 0.3) is 0 Å². The highest BCUT2D eigenvalue weighted by molar-refractivity contribution is 5.29. The van der Waals surface area contributed by atoms with E-state index >= 15 is 0 Å². The Labute approximate surface area is 73.0 Å². The molecule has 0 saturated heterocycles. The van der Waals surface area contributed by atoms with Crippen LogP contribution in [-0.4, -0.2) is 9.97 Å². The van der Waals surface area contributed by atoms with Crippen molar-refractivity contribution < 1.29 is 0 Å². The van der Waals surface area contributed by atoms with Crippen molar-refractivity contribution in [1.29, 1.82) is 0 Å². The Morgan fingerprint density at radius 3 is 2.58 bits per heavy atom. The van der Waals surface area contributed by atoms with Gasteiger partial charge >= 0.3 is 0 Å². The molecule has 0 saturated carbocycles. The summed E-state index contributed by atoms with van der Waals surface area (Å²) in [6.45, 7) is 6.21. The van der Waals surface area contributed by atoms with Crippen LogP contribution in [0.3, 0.4) is 0 Å². The minimum absolute atomic E-state index is 0.568. The summed E-state index contributed by atoms with van der Waals surface area (Å²) >= 11 is 0. The first-order valence-corrected chi connectivity index (χ1v) is 4.18. The molecule has 0 aromatic carbocycles. The molecule has 0 amide bonds. The number of nitrogens with zero attached hydrogens (tertiary/aromatic N) is 2. The molecular weight excluding hydrogens is 150 g/mol. The summed E-state index contributed by atoms with van der Waals surface area (Å²) in [5, 5.41) is 0. The standard InChI is InChI=1S/C9H15N3/c1-6(2)4-9-11-7(3)5-8(10)12-9/h5-6H,4H2,1-3H3,(H2,10,11,12). The van der Waals surface area contributed by atoms with E-state index in [1.54, 1.807) is 6.07 Å². The number of nitrogen functional groups attached to an aromatic ring is 1. The van der Waals surface area contributed by atoms with Crippen LogP contribution in [0.1, 0.15) is 25.4 Å². The highest BCUT2D eigenvalue weighted by Gasteiger charge is 2.02. The summed E-state index contributed by atoms with van der Waals surface area (Å²) in [5.41, 5.74) is 6.53. The van der Waals surface area contributed by atoms with Crippen LogP contribution >= 0.6 is 0 Å². The van der Waals surface area contributed by atoms with Gasteiger partial charge in [-0.15, -0.1) is 0 Å². The van der Waals surface area contributed by atoms with E-state index < -0.39 is 0 Å². The normalized spacial score (nSPS) is 10.7. The van der Waals surface area contributed by atoms with E-state index in [-0.39, 0.29) is 0 Å². The van der Waals surface area contributed by atoms with Gasteiger partial charge in [-0.1, -0.05) is 13.8 Å². The highest BCUT2D eigenvalue weighted by Crippen LogP contribution is 2.06. The lowest BCUT2D eigenvalue weighted by Crippen LogP contribution is -2.04. The molecular formula is C9H15N3. The van der Waals surface area contributed by atoms with Crippen LogP contribution in [0.5, 0.6) is 0 Å². The van der Waals surface area contributed by atoms with Crippen molar-refractivity contribution in [2.45, 2.75) is 27.2 Å². The quantitative estimate of drug-likeness (QED) is 0.723. The monoisotopic (exact) mass is 165 g/mol. The predicted molar refractivity (Wildman–Crippen MR) is 49.7 cm³/mol. The molecule has 0 fully saturated rings. The second kappa shape index (κ2) is 3.52. The van der Waals surface area contributed by atoms with Gasteiger partial charge in [0, 0.05) is 18.2 Å². The molecule has 12 heavy (non-hydrogen) atoms. The summed E-state index contributed by atoms with van der Waals surface area (Å²) in [4.78, 5) is 8.42. The minimum atomic E-state index is 0.568. The third-order valence-electron chi connectivity index (χ3n) is 1.51. The molecule has 1 rings (SSSR count). The number of hydrogen-bond acceptors (Lipinski definition) is 3. The SMILES string of the molecule is Cc1cc(N)nc(CC(C)C)n1. The van der Waals surface area contributed by atoms with Gasteiger partial charge in [0.1, 0.15) is 11.6 Å². The van der Waals surface area contributed by atoms with Crippen molar-refractivity contribution in [2.24, 2.45) is 5.92 Å². The Morgan fingerprint density at radius 2 is 2.08 bits per heavy atom. The predicted octanol–water partition coefficient (Wildman–Crippen LogP) is 1.57. The molecule has 1 aromatic rings. The number of hydrogen-bond donors (Lipinski definition) is 1. The van der Waals surface area contributed by atoms with Gasteiger partial charge in [0.2, 0.25) is 0 Å². The van der Waals surface area contributed by atoms with E-state index in [0.29, 0.717) is 11.7 Å². The Hall–Kier alpha value is -1.12. The zero-order valence-electron chi connectivity index (χ0n) is 7.83. The smallest absolute Gasteiger partial charge is 0.131 e. The summed E-state index contributed by atoms with van der Waals surface area (Å²) in [5.74, 6) is 1.99. The van der Waals surface area contributed by atoms with Crippen LogP contribution in [0, 0.1) is 12.8 Å². The van der Waals surface area contributed by atoms with E-state index in [1.807, 2.05) is 6.92 Å². The largest absolute Gasteiger partial charge is 0.384 e. The first-order chi connectivity index (χ1) is 5.58. The van der Waals surface area contributed by atoms with Gasteiger partial charge in [-0.25, -0.2) is 9.97 Å². The van der Waals surface area contributed by atoms with Crippen molar-refractivity contribution in [3.05, 3.63) is 17.6 Å². The average molecular weight is 165 g/mol. The number of anilines is 1. The van der Waals surface area contributed by atoms with Gasteiger partial charge in [0.05, 0.1) is 0 Å². The van der Waals surface area contributed by atoms with Crippen LogP contribution in [0.15, 0.2) is 6.07 Å². The van der Waals surface area contributed by atoms with Gasteiger partial charge in [0.15, 0.2) is 0 Å². The van der Waals surface area contributed by atoms with Gasteiger partial charge in [-0.2, -0.15) is 0 Å². The van der Waals surface area contributed by atoms with Crippen molar-refractivity contribution >= 4 is 5.82 Å². The lowest BCUT2D eigenvalue weighted by atomic mass is 10.1. The molecule has 0 atom stereocenters. The Bertz CT molecular complexity index is 248. The third kappa shape index (κ3) is 2.49. The fourth-order valence-corrected chi connectivity index (χ4v) is 1.11. The zero-order valence-corrected chi connectivity index (χ0v) is 7.83. The van der Waals surface area contributed by atoms with E-state index in [9.17, 15) is 0 Å². The topological polar surface area (TPSA) is 51.8 Å². The van der Waals surface area contributed by atoms with Crippen molar-refractivity contribution in [2.75, 3.05) is 5.73 Å². The highest BCUT2D eigenvalue weighted by atomic mass is 14.9. The summed E-state index contributed by atoms with van der Waals surface area (Å²) in [7, 11) is 0. The van der Waals surface area contributed by atoms with Crippen LogP contribution in [0.2, 0.25) is 0 Å². The zero-order chi connectivity index (χ0) is 9.14. The molecule has 0 unspecified atom stereocenters.